The number of nitrogens with zero attached hydrogens (tertiary/aromatic N) is 2. The van der Waals surface area contributed by atoms with Crippen molar-refractivity contribution in [2.24, 2.45) is 0 Å². The van der Waals surface area contributed by atoms with Crippen molar-refractivity contribution in [2.45, 2.75) is 26.3 Å². The van der Waals surface area contributed by atoms with Gasteiger partial charge in [-0.25, -0.2) is 0 Å². The Labute approximate surface area is 120 Å². The van der Waals surface area contributed by atoms with E-state index in [1.165, 1.54) is 30.0 Å². The second kappa shape index (κ2) is 5.83. The van der Waals surface area contributed by atoms with Gasteiger partial charge in [-0.3, -0.25) is 4.57 Å². The highest BCUT2D eigenvalue weighted by Gasteiger charge is 2.11. The van der Waals surface area contributed by atoms with Gasteiger partial charge < -0.3 is 4.57 Å². The van der Waals surface area contributed by atoms with Gasteiger partial charge in [-0.2, -0.15) is 0 Å². The molecule has 1 aromatic heterocycles. The third-order valence-corrected chi connectivity index (χ3v) is 3.62. The van der Waals surface area contributed by atoms with Gasteiger partial charge in [0.25, 0.3) is 6.33 Å². The molecule has 0 fully saturated rings. The number of rotatable bonds is 4. The van der Waals surface area contributed by atoms with Crippen molar-refractivity contribution in [1.82, 2.24) is 0 Å². The zero-order valence-corrected chi connectivity index (χ0v) is 11.9. The van der Waals surface area contributed by atoms with Crippen LogP contribution in [-0.2, 0) is 6.54 Å². The molecule has 0 amide bonds. The summed E-state index contributed by atoms with van der Waals surface area (Å²) in [6.45, 7) is 3.31. The van der Waals surface area contributed by atoms with Gasteiger partial charge >= 0.3 is 0 Å². The second-order valence-corrected chi connectivity index (χ2v) is 5.13. The maximum Gasteiger partial charge on any atom is 0.257 e. The van der Waals surface area contributed by atoms with E-state index >= 15 is 0 Å². The summed E-state index contributed by atoms with van der Waals surface area (Å²) in [5, 5.41) is 0. The Morgan fingerprint density at radius 3 is 2.45 bits per heavy atom. The number of hydrogen-bond donors (Lipinski definition) is 0. The van der Waals surface area contributed by atoms with E-state index in [4.69, 9.17) is 0 Å². The smallest absolute Gasteiger partial charge is 0.257 e. The molecule has 3 rings (SSSR count). The van der Waals surface area contributed by atoms with Crippen molar-refractivity contribution in [1.29, 1.82) is 0 Å². The molecule has 20 heavy (non-hydrogen) atoms. The van der Waals surface area contributed by atoms with Crippen LogP contribution in [0.4, 0.5) is 0 Å². The molecule has 0 aliphatic heterocycles. The molecule has 0 saturated heterocycles. The molecule has 2 aliphatic carbocycles. The van der Waals surface area contributed by atoms with E-state index in [9.17, 15) is 0 Å². The van der Waals surface area contributed by atoms with Crippen molar-refractivity contribution in [3.05, 3.63) is 84.5 Å². The Balaban J connectivity index is 1.71. The highest BCUT2D eigenvalue weighted by atomic mass is 15.1. The van der Waals surface area contributed by atoms with Gasteiger partial charge in [0.05, 0.1) is 12.4 Å². The monoisotopic (exact) mass is 264 g/mol. The number of hydrogen-bond acceptors (Lipinski definition) is 0. The average Bonchev–Trinajstić information content (AvgIpc) is 3.17. The summed E-state index contributed by atoms with van der Waals surface area (Å²) in [6, 6.07) is 1.20. The highest BCUT2D eigenvalue weighted by Crippen LogP contribution is 2.20. The first-order valence-electron chi connectivity index (χ1n) is 7.26. The van der Waals surface area contributed by atoms with E-state index in [1.807, 2.05) is 0 Å². The van der Waals surface area contributed by atoms with Crippen LogP contribution in [0, 0.1) is 6.04 Å². The van der Waals surface area contributed by atoms with Gasteiger partial charge in [0, 0.05) is 6.42 Å². The van der Waals surface area contributed by atoms with Crippen LogP contribution < -0.4 is 9.13 Å². The van der Waals surface area contributed by atoms with Gasteiger partial charge in [0.2, 0.25) is 0 Å². The number of unbranched alkanes of at least 4 members (excludes halogenated alkanes) is 1. The highest BCUT2D eigenvalue weighted by molar-refractivity contribution is 5.53. The molecule has 0 spiro atoms. The third-order valence-electron chi connectivity index (χ3n) is 3.62. The molecular formula is C18H20N2. The minimum Gasteiger partial charge on any atom is -0.309 e. The van der Waals surface area contributed by atoms with Crippen LogP contribution in [0.15, 0.2) is 78.5 Å². The summed E-state index contributed by atoms with van der Waals surface area (Å²) in [5.41, 5.74) is 2.55. The van der Waals surface area contributed by atoms with Crippen LogP contribution in [0.2, 0.25) is 0 Å². The Bertz CT molecular complexity index is 594. The first kappa shape index (κ1) is 12.8. The lowest BCUT2D eigenvalue weighted by atomic mass is 10.0. The number of aromatic nitrogens is 2. The largest absolute Gasteiger partial charge is 0.309 e. The van der Waals surface area contributed by atoms with Crippen molar-refractivity contribution >= 4 is 0 Å². The van der Waals surface area contributed by atoms with E-state index in [1.54, 1.807) is 0 Å². The number of imidazole rings is 1. The van der Waals surface area contributed by atoms with E-state index in [2.05, 4.69) is 83.4 Å². The van der Waals surface area contributed by atoms with Crippen LogP contribution in [0.3, 0.4) is 0 Å². The summed E-state index contributed by atoms with van der Waals surface area (Å²) >= 11 is 0. The molecule has 0 saturated carbocycles. The quantitative estimate of drug-likeness (QED) is 0.583. The van der Waals surface area contributed by atoms with E-state index < -0.39 is 0 Å². The Hall–Kier alpha value is -2.22. The van der Waals surface area contributed by atoms with Crippen LogP contribution in [0.5, 0.6) is 0 Å². The van der Waals surface area contributed by atoms with E-state index in [0.717, 1.165) is 6.54 Å². The van der Waals surface area contributed by atoms with Crippen LogP contribution in [-0.4, -0.2) is 0 Å². The van der Waals surface area contributed by atoms with E-state index in [-0.39, 0.29) is 0 Å². The van der Waals surface area contributed by atoms with Crippen LogP contribution in [0.25, 0.3) is 0 Å². The fourth-order valence-corrected chi connectivity index (χ4v) is 2.41. The van der Waals surface area contributed by atoms with Crippen LogP contribution >= 0.6 is 0 Å². The SMILES string of the molecule is CCCC[n+]1c[n+]([C-]2C=CC(=C3C=CC=C3)C=C2)c[cH-]1. The molecule has 1 aromatic rings. The summed E-state index contributed by atoms with van der Waals surface area (Å²) < 4.78 is 4.42. The molecule has 0 unspecified atom stereocenters. The fraction of sp³-hybridized carbons (Fsp3) is 0.222. The molecule has 0 N–H and O–H groups in total. The standard InChI is InChI=1S/C18H20N2/c1-2-3-12-19-13-14-20(15-19)18-10-8-17(9-11-18)16-6-4-5-7-16/h4-11,13-15H,2-3,12H2,1H3. The minimum absolute atomic E-state index is 1.09. The van der Waals surface area contributed by atoms with Gasteiger partial charge in [0.15, 0.2) is 0 Å². The summed E-state index contributed by atoms with van der Waals surface area (Å²) in [7, 11) is 0. The Kier molecular flexibility index (Phi) is 3.73. The summed E-state index contributed by atoms with van der Waals surface area (Å²) in [5.74, 6) is 0. The lowest BCUT2D eigenvalue weighted by molar-refractivity contribution is -0.773. The fourth-order valence-electron chi connectivity index (χ4n) is 2.41. The molecule has 102 valence electrons. The maximum absolute atomic E-state index is 2.24. The predicted octanol–water partition coefficient (Wildman–Crippen LogP) is 2.71. The maximum atomic E-state index is 2.24. The van der Waals surface area contributed by atoms with Gasteiger partial charge in [0.1, 0.15) is 12.6 Å². The topological polar surface area (TPSA) is 7.76 Å². The summed E-state index contributed by atoms with van der Waals surface area (Å²) in [4.78, 5) is 0. The molecule has 2 aliphatic rings. The zero-order chi connectivity index (χ0) is 13.8. The first-order valence-corrected chi connectivity index (χ1v) is 7.26. The normalized spacial score (nSPS) is 16.8. The molecular weight excluding hydrogens is 244 g/mol. The minimum atomic E-state index is 1.09. The van der Waals surface area contributed by atoms with Crippen molar-refractivity contribution in [2.75, 3.05) is 0 Å². The van der Waals surface area contributed by atoms with Crippen molar-refractivity contribution in [3.8, 4) is 0 Å². The molecule has 0 radical (unpaired) electrons. The lowest BCUT2D eigenvalue weighted by Gasteiger charge is -2.13. The lowest BCUT2D eigenvalue weighted by Crippen LogP contribution is -2.41. The second-order valence-electron chi connectivity index (χ2n) is 5.13. The first-order chi connectivity index (χ1) is 9.86. The number of allylic oxidation sites excluding steroid dienone is 10. The van der Waals surface area contributed by atoms with Crippen LogP contribution in [0.1, 0.15) is 19.8 Å². The molecule has 2 nitrogen and oxygen atoms in total. The van der Waals surface area contributed by atoms with E-state index in [0.29, 0.717) is 0 Å². The molecule has 0 aromatic carbocycles. The molecule has 2 heteroatoms. The zero-order valence-electron chi connectivity index (χ0n) is 11.9. The predicted molar refractivity (Wildman–Crippen MR) is 79.6 cm³/mol. The third kappa shape index (κ3) is 2.69. The average molecular weight is 264 g/mol. The number of aryl methyl sites for hydroxylation is 1. The molecule has 1 heterocycles. The Morgan fingerprint density at radius 2 is 1.75 bits per heavy atom. The Morgan fingerprint density at radius 1 is 1.05 bits per heavy atom. The van der Waals surface area contributed by atoms with Gasteiger partial charge in [-0.15, -0.1) is 12.2 Å². The van der Waals surface area contributed by atoms with Crippen molar-refractivity contribution in [3.63, 3.8) is 0 Å². The summed E-state index contributed by atoms with van der Waals surface area (Å²) in [6.07, 6.45) is 26.0. The molecule has 0 bridgehead atoms. The van der Waals surface area contributed by atoms with Gasteiger partial charge in [-0.1, -0.05) is 55.4 Å². The molecule has 0 atom stereocenters. The van der Waals surface area contributed by atoms with Gasteiger partial charge in [-0.05, 0) is 5.57 Å². The van der Waals surface area contributed by atoms with Crippen molar-refractivity contribution < 1.29 is 9.13 Å².